The molecule has 0 spiro atoms. The fraction of sp³-hybridized carbons (Fsp3) is 0.143. The van der Waals surface area contributed by atoms with Crippen LogP contribution in [0.15, 0.2) is 24.4 Å². The minimum absolute atomic E-state index is 0.190. The van der Waals surface area contributed by atoms with Crippen molar-refractivity contribution in [3.05, 3.63) is 45.0 Å². The average Bonchev–Trinajstić information content (AvgIpc) is 3.18. The first kappa shape index (κ1) is 15.4. The number of fused-ring (bicyclic) bond motifs is 1. The Morgan fingerprint density at radius 2 is 2.26 bits per heavy atom. The molecule has 0 saturated heterocycles. The van der Waals surface area contributed by atoms with Crippen LogP contribution in [0.1, 0.15) is 25.2 Å². The third-order valence-corrected chi connectivity index (χ3v) is 4.29. The Kier molecular flexibility index (Phi) is 4.26. The van der Waals surface area contributed by atoms with Gasteiger partial charge >= 0.3 is 5.97 Å². The first-order chi connectivity index (χ1) is 11.1. The van der Waals surface area contributed by atoms with Crippen molar-refractivity contribution in [2.45, 2.75) is 6.54 Å². The van der Waals surface area contributed by atoms with E-state index in [1.165, 1.54) is 13.3 Å². The minimum Gasteiger partial charge on any atom is -0.465 e. The molecule has 118 valence electrons. The number of aromatic nitrogens is 3. The molecule has 0 aliphatic rings. The molecule has 0 aliphatic carbocycles. The summed E-state index contributed by atoms with van der Waals surface area (Å²) in [6.07, 6.45) is 1.42. The lowest BCUT2D eigenvalue weighted by Crippen LogP contribution is -2.23. The predicted molar refractivity (Wildman–Crippen MR) is 85.7 cm³/mol. The molecule has 9 heteroatoms. The number of hydrogen-bond acceptors (Lipinski definition) is 6. The summed E-state index contributed by atoms with van der Waals surface area (Å²) in [5, 5.41) is 11.3. The topological polar surface area (TPSA) is 97.0 Å². The molecule has 3 rings (SSSR count). The SMILES string of the molecule is COC(=O)c1cnc(CNC(=O)c2n[nH]c3ccc(Cl)cc23)s1. The maximum Gasteiger partial charge on any atom is 0.349 e. The van der Waals surface area contributed by atoms with E-state index in [0.29, 0.717) is 20.3 Å². The van der Waals surface area contributed by atoms with Gasteiger partial charge in [-0.2, -0.15) is 5.10 Å². The number of ether oxygens (including phenoxy) is 1. The third kappa shape index (κ3) is 3.17. The van der Waals surface area contributed by atoms with Crippen molar-refractivity contribution in [3.8, 4) is 0 Å². The van der Waals surface area contributed by atoms with Crippen LogP contribution in [-0.4, -0.2) is 34.2 Å². The highest BCUT2D eigenvalue weighted by molar-refractivity contribution is 7.13. The summed E-state index contributed by atoms with van der Waals surface area (Å²) in [5.41, 5.74) is 0.981. The quantitative estimate of drug-likeness (QED) is 0.704. The Morgan fingerprint density at radius 3 is 3.04 bits per heavy atom. The van der Waals surface area contributed by atoms with E-state index >= 15 is 0 Å². The van der Waals surface area contributed by atoms with Gasteiger partial charge in [0, 0.05) is 10.4 Å². The van der Waals surface area contributed by atoms with Gasteiger partial charge < -0.3 is 10.1 Å². The number of carbonyl (C=O) groups is 2. The van der Waals surface area contributed by atoms with Crippen LogP contribution in [0.2, 0.25) is 5.02 Å². The molecule has 3 aromatic rings. The second kappa shape index (κ2) is 6.35. The molecule has 0 aliphatic heterocycles. The summed E-state index contributed by atoms with van der Waals surface area (Å²) in [6.45, 7) is 0.190. The van der Waals surface area contributed by atoms with Gasteiger partial charge in [0.1, 0.15) is 9.88 Å². The number of rotatable bonds is 4. The van der Waals surface area contributed by atoms with E-state index in [-0.39, 0.29) is 18.1 Å². The molecule has 0 saturated carbocycles. The Morgan fingerprint density at radius 1 is 1.43 bits per heavy atom. The van der Waals surface area contributed by atoms with Crippen LogP contribution < -0.4 is 5.32 Å². The smallest absolute Gasteiger partial charge is 0.349 e. The van der Waals surface area contributed by atoms with Gasteiger partial charge in [0.2, 0.25) is 0 Å². The number of nitrogens with one attached hydrogen (secondary N) is 2. The van der Waals surface area contributed by atoms with Gasteiger partial charge in [-0.05, 0) is 18.2 Å². The zero-order valence-electron chi connectivity index (χ0n) is 11.9. The van der Waals surface area contributed by atoms with Crippen molar-refractivity contribution in [1.82, 2.24) is 20.5 Å². The summed E-state index contributed by atoms with van der Waals surface area (Å²) in [6, 6.07) is 5.15. The number of carbonyl (C=O) groups excluding carboxylic acids is 2. The van der Waals surface area contributed by atoms with Gasteiger partial charge in [0.15, 0.2) is 5.69 Å². The number of benzene rings is 1. The minimum atomic E-state index is -0.451. The molecule has 23 heavy (non-hydrogen) atoms. The number of amides is 1. The second-order valence-electron chi connectivity index (χ2n) is 4.55. The van der Waals surface area contributed by atoms with Crippen molar-refractivity contribution >= 4 is 45.7 Å². The molecule has 2 N–H and O–H groups in total. The van der Waals surface area contributed by atoms with Crippen LogP contribution in [0.4, 0.5) is 0 Å². The number of halogens is 1. The fourth-order valence-corrected chi connectivity index (χ4v) is 2.93. The number of methoxy groups -OCH3 is 1. The molecule has 7 nitrogen and oxygen atoms in total. The Bertz CT molecular complexity index is 889. The van der Waals surface area contributed by atoms with Gasteiger partial charge in [0.05, 0.1) is 25.4 Å². The second-order valence-corrected chi connectivity index (χ2v) is 6.11. The maximum atomic E-state index is 12.2. The van der Waals surface area contributed by atoms with Gasteiger partial charge in [-0.15, -0.1) is 11.3 Å². The predicted octanol–water partition coefficient (Wildman–Crippen LogP) is 2.39. The summed E-state index contributed by atoms with van der Waals surface area (Å²) >= 11 is 7.11. The molecule has 1 aromatic carbocycles. The lowest BCUT2D eigenvalue weighted by molar-refractivity contribution is 0.0606. The van der Waals surface area contributed by atoms with Gasteiger partial charge in [-0.1, -0.05) is 11.6 Å². The van der Waals surface area contributed by atoms with Crippen LogP contribution in [0.5, 0.6) is 0 Å². The van der Waals surface area contributed by atoms with Crippen molar-refractivity contribution in [3.63, 3.8) is 0 Å². The van der Waals surface area contributed by atoms with Crippen LogP contribution in [0, 0.1) is 0 Å². The highest BCUT2D eigenvalue weighted by Crippen LogP contribution is 2.21. The molecule has 0 bridgehead atoms. The molecule has 1 amide bonds. The summed E-state index contributed by atoms with van der Waals surface area (Å²) < 4.78 is 4.61. The molecule has 0 radical (unpaired) electrons. The largest absolute Gasteiger partial charge is 0.465 e. The standard InChI is InChI=1S/C14H11ClN4O3S/c1-22-14(21)10-5-16-11(23-10)6-17-13(20)12-8-4-7(15)2-3-9(8)18-19-12/h2-5H,6H2,1H3,(H,17,20)(H,18,19). The monoisotopic (exact) mass is 350 g/mol. The molecular formula is C14H11ClN4O3S. The highest BCUT2D eigenvalue weighted by Gasteiger charge is 2.16. The molecule has 0 atom stereocenters. The Labute approximate surface area is 139 Å². The van der Waals surface area contributed by atoms with Gasteiger partial charge in [-0.25, -0.2) is 9.78 Å². The van der Waals surface area contributed by atoms with Crippen LogP contribution in [0.25, 0.3) is 10.9 Å². The average molecular weight is 351 g/mol. The van der Waals surface area contributed by atoms with E-state index in [4.69, 9.17) is 11.6 Å². The summed E-state index contributed by atoms with van der Waals surface area (Å²) in [7, 11) is 1.30. The molecule has 2 aromatic heterocycles. The number of hydrogen-bond donors (Lipinski definition) is 2. The Hall–Kier alpha value is -2.45. The normalized spacial score (nSPS) is 10.7. The number of nitrogens with zero attached hydrogens (tertiary/aromatic N) is 2. The summed E-state index contributed by atoms with van der Waals surface area (Å²) in [5.74, 6) is -0.804. The van der Waals surface area contributed by atoms with E-state index in [2.05, 4.69) is 25.2 Å². The fourth-order valence-electron chi connectivity index (χ4n) is 1.99. The Balaban J connectivity index is 1.72. The third-order valence-electron chi connectivity index (χ3n) is 3.08. The van der Waals surface area contributed by atoms with Crippen molar-refractivity contribution < 1.29 is 14.3 Å². The van der Waals surface area contributed by atoms with E-state index in [1.54, 1.807) is 18.2 Å². The summed E-state index contributed by atoms with van der Waals surface area (Å²) in [4.78, 5) is 28.1. The zero-order valence-corrected chi connectivity index (χ0v) is 13.5. The lowest BCUT2D eigenvalue weighted by Gasteiger charge is -2.00. The van der Waals surface area contributed by atoms with E-state index < -0.39 is 5.97 Å². The number of aromatic amines is 1. The first-order valence-corrected chi connectivity index (χ1v) is 7.73. The number of H-pyrrole nitrogens is 1. The van der Waals surface area contributed by atoms with Gasteiger partial charge in [-0.3, -0.25) is 9.89 Å². The molecule has 0 fully saturated rings. The van der Waals surface area contributed by atoms with Crippen molar-refractivity contribution in [1.29, 1.82) is 0 Å². The van der Waals surface area contributed by atoms with E-state index in [1.807, 2.05) is 0 Å². The van der Waals surface area contributed by atoms with E-state index in [0.717, 1.165) is 16.9 Å². The maximum absolute atomic E-state index is 12.2. The molecular weight excluding hydrogens is 340 g/mol. The van der Waals surface area contributed by atoms with E-state index in [9.17, 15) is 9.59 Å². The lowest BCUT2D eigenvalue weighted by atomic mass is 10.2. The highest BCUT2D eigenvalue weighted by atomic mass is 35.5. The number of esters is 1. The number of thiazole rings is 1. The van der Waals surface area contributed by atoms with Crippen LogP contribution in [0.3, 0.4) is 0 Å². The van der Waals surface area contributed by atoms with Crippen LogP contribution >= 0.6 is 22.9 Å². The van der Waals surface area contributed by atoms with Crippen molar-refractivity contribution in [2.75, 3.05) is 7.11 Å². The molecule has 2 heterocycles. The molecule has 0 unspecified atom stereocenters. The van der Waals surface area contributed by atoms with Crippen molar-refractivity contribution in [2.24, 2.45) is 0 Å². The zero-order chi connectivity index (χ0) is 16.4. The first-order valence-electron chi connectivity index (χ1n) is 6.53. The van der Waals surface area contributed by atoms with Crippen LogP contribution in [-0.2, 0) is 11.3 Å². The van der Waals surface area contributed by atoms with Gasteiger partial charge in [0.25, 0.3) is 5.91 Å².